The predicted octanol–water partition coefficient (Wildman–Crippen LogP) is 4.90. The number of anilines is 1. The van der Waals surface area contributed by atoms with Gasteiger partial charge in [0.25, 0.3) is 0 Å². The molecule has 0 unspecified atom stereocenters. The Labute approximate surface area is 135 Å². The van der Waals surface area contributed by atoms with Crippen molar-refractivity contribution in [3.63, 3.8) is 0 Å². The minimum Gasteiger partial charge on any atom is -0.369 e. The van der Waals surface area contributed by atoms with Gasteiger partial charge in [-0.05, 0) is 56.3 Å². The molecule has 1 aromatic carbocycles. The van der Waals surface area contributed by atoms with E-state index in [4.69, 9.17) is 0 Å². The number of hydrogen-bond acceptors (Lipinski definition) is 2. The van der Waals surface area contributed by atoms with Gasteiger partial charge in [0.05, 0.1) is 5.69 Å². The molecule has 1 fully saturated rings. The van der Waals surface area contributed by atoms with Crippen molar-refractivity contribution in [2.45, 2.75) is 58.9 Å². The van der Waals surface area contributed by atoms with Crippen LogP contribution in [-0.4, -0.2) is 19.6 Å². The Balaban J connectivity index is 1.98. The van der Waals surface area contributed by atoms with Crippen LogP contribution in [0.1, 0.15) is 64.5 Å². The first-order valence-electron chi connectivity index (χ1n) is 8.85. The third-order valence-electron chi connectivity index (χ3n) is 4.59. The maximum Gasteiger partial charge on any atom is 0.146 e. The van der Waals surface area contributed by atoms with E-state index in [1.54, 1.807) is 6.07 Å². The summed E-state index contributed by atoms with van der Waals surface area (Å²) in [6, 6.07) is 5.96. The molecule has 0 radical (unpaired) electrons. The summed E-state index contributed by atoms with van der Waals surface area (Å²) in [5.74, 6) is 0.624. The Morgan fingerprint density at radius 1 is 1.09 bits per heavy atom. The van der Waals surface area contributed by atoms with Crippen LogP contribution in [0.25, 0.3) is 0 Å². The molecule has 1 aliphatic heterocycles. The fourth-order valence-electron chi connectivity index (χ4n) is 3.07. The highest BCUT2D eigenvalue weighted by atomic mass is 19.1. The molecular weight excluding hydrogens is 275 g/mol. The van der Waals surface area contributed by atoms with Gasteiger partial charge in [-0.25, -0.2) is 4.39 Å². The monoisotopic (exact) mass is 306 g/mol. The molecular formula is C19H31FN2. The fraction of sp³-hybridized carbons (Fsp3) is 0.684. The SMILES string of the molecule is CC(C)CCN[C@H](C)c1ccc(N2CCCCCC2)c(F)c1. The second-order valence-electron chi connectivity index (χ2n) is 6.97. The number of nitrogens with one attached hydrogen (secondary N) is 1. The highest BCUT2D eigenvalue weighted by molar-refractivity contribution is 5.49. The van der Waals surface area contributed by atoms with Crippen LogP contribution in [0.15, 0.2) is 18.2 Å². The lowest BCUT2D eigenvalue weighted by Gasteiger charge is -2.24. The maximum atomic E-state index is 14.5. The second-order valence-corrected chi connectivity index (χ2v) is 6.97. The second kappa shape index (κ2) is 8.52. The van der Waals surface area contributed by atoms with Crippen LogP contribution in [0.3, 0.4) is 0 Å². The van der Waals surface area contributed by atoms with E-state index in [2.05, 4.69) is 37.1 Å². The number of rotatable bonds is 6. The summed E-state index contributed by atoms with van der Waals surface area (Å²) in [7, 11) is 0. The molecule has 0 amide bonds. The van der Waals surface area contributed by atoms with Gasteiger partial charge in [-0.3, -0.25) is 0 Å². The molecule has 1 saturated heterocycles. The van der Waals surface area contributed by atoms with Gasteiger partial charge >= 0.3 is 0 Å². The largest absolute Gasteiger partial charge is 0.369 e. The quantitative estimate of drug-likeness (QED) is 0.804. The van der Waals surface area contributed by atoms with Crippen LogP contribution in [0.4, 0.5) is 10.1 Å². The number of benzene rings is 1. The average molecular weight is 306 g/mol. The zero-order chi connectivity index (χ0) is 15.9. The van der Waals surface area contributed by atoms with Gasteiger partial charge in [-0.1, -0.05) is 32.8 Å². The third kappa shape index (κ3) is 4.98. The minimum atomic E-state index is -0.0723. The van der Waals surface area contributed by atoms with Crippen molar-refractivity contribution >= 4 is 5.69 Å². The zero-order valence-corrected chi connectivity index (χ0v) is 14.4. The van der Waals surface area contributed by atoms with Gasteiger partial charge in [0, 0.05) is 19.1 Å². The van der Waals surface area contributed by atoms with Gasteiger partial charge < -0.3 is 10.2 Å². The van der Waals surface area contributed by atoms with Gasteiger partial charge in [-0.15, -0.1) is 0 Å². The van der Waals surface area contributed by atoms with Crippen molar-refractivity contribution in [2.24, 2.45) is 5.92 Å². The van der Waals surface area contributed by atoms with Gasteiger partial charge in [0.15, 0.2) is 0 Å². The lowest BCUT2D eigenvalue weighted by molar-refractivity contribution is 0.495. The number of halogens is 1. The van der Waals surface area contributed by atoms with E-state index < -0.39 is 0 Å². The Morgan fingerprint density at radius 3 is 2.36 bits per heavy atom. The lowest BCUT2D eigenvalue weighted by atomic mass is 10.1. The third-order valence-corrected chi connectivity index (χ3v) is 4.59. The van der Waals surface area contributed by atoms with Crippen molar-refractivity contribution in [2.75, 3.05) is 24.5 Å². The molecule has 2 nitrogen and oxygen atoms in total. The smallest absolute Gasteiger partial charge is 0.146 e. The van der Waals surface area contributed by atoms with E-state index in [-0.39, 0.29) is 11.9 Å². The molecule has 0 aliphatic carbocycles. The van der Waals surface area contributed by atoms with Crippen LogP contribution in [-0.2, 0) is 0 Å². The molecule has 1 N–H and O–H groups in total. The number of nitrogens with zero attached hydrogens (tertiary/aromatic N) is 1. The summed E-state index contributed by atoms with van der Waals surface area (Å²) in [6.45, 7) is 9.51. The Kier molecular flexibility index (Phi) is 6.69. The predicted molar refractivity (Wildman–Crippen MR) is 93.0 cm³/mol. The lowest BCUT2D eigenvalue weighted by Crippen LogP contribution is -2.25. The summed E-state index contributed by atoms with van der Waals surface area (Å²) in [4.78, 5) is 2.21. The van der Waals surface area contributed by atoms with Crippen molar-refractivity contribution < 1.29 is 4.39 Å². The molecule has 0 spiro atoms. The number of hydrogen-bond donors (Lipinski definition) is 1. The highest BCUT2D eigenvalue weighted by Gasteiger charge is 2.15. The van der Waals surface area contributed by atoms with Crippen LogP contribution in [0.2, 0.25) is 0 Å². The summed E-state index contributed by atoms with van der Waals surface area (Å²) in [5, 5.41) is 3.49. The Bertz CT molecular complexity index is 451. The van der Waals surface area contributed by atoms with Gasteiger partial charge in [-0.2, -0.15) is 0 Å². The molecule has 3 heteroatoms. The van der Waals surface area contributed by atoms with Crippen LogP contribution in [0, 0.1) is 11.7 Å². The van der Waals surface area contributed by atoms with E-state index in [1.807, 2.05) is 6.07 Å². The molecule has 0 aromatic heterocycles. The van der Waals surface area contributed by atoms with Crippen molar-refractivity contribution in [3.05, 3.63) is 29.6 Å². The topological polar surface area (TPSA) is 15.3 Å². The normalized spacial score (nSPS) is 17.6. The molecule has 0 saturated carbocycles. The van der Waals surface area contributed by atoms with E-state index in [0.29, 0.717) is 5.92 Å². The summed E-state index contributed by atoms with van der Waals surface area (Å²) in [6.07, 6.45) is 6.04. The molecule has 1 atom stereocenters. The van der Waals surface area contributed by atoms with Crippen molar-refractivity contribution in [1.82, 2.24) is 5.32 Å². The van der Waals surface area contributed by atoms with Crippen LogP contribution in [0.5, 0.6) is 0 Å². The Morgan fingerprint density at radius 2 is 1.77 bits per heavy atom. The molecule has 1 aromatic rings. The van der Waals surface area contributed by atoms with Gasteiger partial charge in [0.2, 0.25) is 0 Å². The first-order chi connectivity index (χ1) is 10.6. The summed E-state index contributed by atoms with van der Waals surface area (Å²) < 4.78 is 14.5. The van der Waals surface area contributed by atoms with Crippen LogP contribution >= 0.6 is 0 Å². The average Bonchev–Trinajstić information content (AvgIpc) is 2.75. The molecule has 1 aliphatic rings. The molecule has 124 valence electrons. The van der Waals surface area contributed by atoms with E-state index in [0.717, 1.165) is 37.3 Å². The van der Waals surface area contributed by atoms with Crippen LogP contribution < -0.4 is 10.2 Å². The van der Waals surface area contributed by atoms with Crippen molar-refractivity contribution in [1.29, 1.82) is 0 Å². The summed E-state index contributed by atoms with van der Waals surface area (Å²) in [5.41, 5.74) is 1.82. The van der Waals surface area contributed by atoms with E-state index in [9.17, 15) is 4.39 Å². The summed E-state index contributed by atoms with van der Waals surface area (Å²) >= 11 is 0. The zero-order valence-electron chi connectivity index (χ0n) is 14.4. The highest BCUT2D eigenvalue weighted by Crippen LogP contribution is 2.25. The first-order valence-corrected chi connectivity index (χ1v) is 8.85. The molecule has 0 bridgehead atoms. The molecule has 1 heterocycles. The molecule has 2 rings (SSSR count). The van der Waals surface area contributed by atoms with Gasteiger partial charge in [0.1, 0.15) is 5.82 Å². The van der Waals surface area contributed by atoms with E-state index in [1.165, 1.54) is 25.7 Å². The van der Waals surface area contributed by atoms with Crippen molar-refractivity contribution in [3.8, 4) is 0 Å². The Hall–Kier alpha value is -1.09. The minimum absolute atomic E-state index is 0.0723. The fourth-order valence-corrected chi connectivity index (χ4v) is 3.07. The maximum absolute atomic E-state index is 14.5. The first kappa shape index (κ1) is 17.3. The molecule has 22 heavy (non-hydrogen) atoms. The standard InChI is InChI=1S/C19H31FN2/c1-15(2)10-11-21-16(3)17-8-9-19(18(20)14-17)22-12-6-4-5-7-13-22/h8-9,14-16,21H,4-7,10-13H2,1-3H3/t16-/m1/s1. The van der Waals surface area contributed by atoms with E-state index >= 15 is 0 Å².